The molecule has 76 heavy (non-hydrogen) atoms. The van der Waals surface area contributed by atoms with Crippen LogP contribution < -0.4 is 34.9 Å². The molecule has 0 fully saturated rings. The van der Waals surface area contributed by atoms with Gasteiger partial charge in [0.1, 0.15) is 29.0 Å². The molecule has 3 unspecified atom stereocenters. The summed E-state index contributed by atoms with van der Waals surface area (Å²) >= 11 is 17.3. The summed E-state index contributed by atoms with van der Waals surface area (Å²) in [5, 5.41) is 19.5. The van der Waals surface area contributed by atoms with Crippen LogP contribution in [-0.4, -0.2) is 114 Å². The fourth-order valence-electron chi connectivity index (χ4n) is 6.55. The number of alkyl halides is 3. The average Bonchev–Trinajstić information content (AvgIpc) is 3.59. The number of carboxylic acids is 2. The van der Waals surface area contributed by atoms with Crippen molar-refractivity contribution in [2.24, 2.45) is 5.73 Å². The number of nitrogens with zero attached hydrogens (tertiary/aromatic N) is 4. The average molecular weight is 1170 g/mol. The number of rotatable bonds is 15. The fourth-order valence-corrected chi connectivity index (χ4v) is 9.15. The highest BCUT2D eigenvalue weighted by molar-refractivity contribution is 7.90. The number of hydrogen-bond acceptors (Lipinski definition) is 15. The Morgan fingerprint density at radius 2 is 1.55 bits per heavy atom. The molecule has 2 aliphatic rings. The number of terminal acetylenes is 1. The molecular weight excluding hydrogens is 1120 g/mol. The Bertz CT molecular complexity index is 3040. The molecule has 4 aromatic rings. The number of aliphatic carboxylic acids is 1. The van der Waals surface area contributed by atoms with Gasteiger partial charge in [-0.3, -0.25) is 24.3 Å². The van der Waals surface area contributed by atoms with Crippen LogP contribution in [0.2, 0.25) is 15.1 Å². The first-order valence-corrected chi connectivity index (χ1v) is 26.8. The number of nitrogens with one attached hydrogen (secondary N) is 2. The van der Waals surface area contributed by atoms with E-state index in [1.807, 2.05) is 0 Å². The van der Waals surface area contributed by atoms with Crippen LogP contribution in [0, 0.1) is 25.1 Å². The molecule has 0 saturated heterocycles. The number of aromatic carboxylic acids is 1. The number of amides is 4. The van der Waals surface area contributed by atoms with Gasteiger partial charge in [-0.05, 0) is 82.2 Å². The molecule has 1 aliphatic carbocycles. The predicted octanol–water partition coefficient (Wildman–Crippen LogP) is 8.21. The third-order valence-corrected chi connectivity index (χ3v) is 13.5. The lowest BCUT2D eigenvalue weighted by molar-refractivity contribution is -0.138. The van der Waals surface area contributed by atoms with E-state index in [0.29, 0.717) is 24.0 Å². The Hall–Kier alpha value is -6.59. The number of carbonyl (C=O) groups excluding carboxylic acids is 3. The Labute approximate surface area is 447 Å². The van der Waals surface area contributed by atoms with E-state index in [9.17, 15) is 54.5 Å². The molecule has 412 valence electrons. The van der Waals surface area contributed by atoms with Crippen molar-refractivity contribution in [2.45, 2.75) is 82.0 Å². The molecule has 7 N–H and O–H groups in total. The highest BCUT2D eigenvalue weighted by Gasteiger charge is 2.41. The summed E-state index contributed by atoms with van der Waals surface area (Å²) in [5.74, 6) is -1.46. The normalized spacial score (nSPS) is 14.6. The minimum Gasteiger partial charge on any atom is -0.494 e. The number of urea groups is 1. The van der Waals surface area contributed by atoms with E-state index in [1.54, 1.807) is 11.6 Å². The number of halogens is 7. The zero-order chi connectivity index (χ0) is 57.5. The van der Waals surface area contributed by atoms with Crippen LogP contribution in [0.15, 0.2) is 64.6 Å². The van der Waals surface area contributed by atoms with E-state index < -0.39 is 89.1 Å². The van der Waals surface area contributed by atoms with Gasteiger partial charge in [-0.2, -0.15) is 28.1 Å². The smallest absolute Gasteiger partial charge is 0.389 e. The van der Waals surface area contributed by atoms with Gasteiger partial charge < -0.3 is 35.1 Å². The number of nitrogens with two attached hydrogens (primary N) is 1. The predicted molar refractivity (Wildman–Crippen MR) is 270 cm³/mol. The molecule has 1 aromatic heterocycles. The maximum Gasteiger partial charge on any atom is 0.389 e. The van der Waals surface area contributed by atoms with Gasteiger partial charge in [-0.25, -0.2) is 32.0 Å². The van der Waals surface area contributed by atoms with Crippen molar-refractivity contribution >= 4 is 93.6 Å². The number of hydrogen-bond donors (Lipinski definition) is 6. The highest BCUT2D eigenvalue weighted by atomic mass is 35.5. The SMILES string of the molecule is C#CC(C)Oc1cc(N2C(=O)C3=C(CCCC3)C2=O)c(F)cc1Cl.COc1c(Cl)ccc(Cl)c1C(=O)O.COc1nc(C)nc(NC(=O)NS(=O)(=O)c2ccccc2CCC(F)(F)F)n1.CP(=O)(O)CCC(N)C(=O)O. The summed E-state index contributed by atoms with van der Waals surface area (Å²) in [5.41, 5.74) is 5.71. The Kier molecular flexibility index (Phi) is 23.4. The van der Waals surface area contributed by atoms with Crippen LogP contribution in [0.3, 0.4) is 0 Å². The quantitative estimate of drug-likeness (QED) is 0.0283. The van der Waals surface area contributed by atoms with Gasteiger partial charge in [0.05, 0.1) is 39.9 Å². The van der Waals surface area contributed by atoms with Crippen molar-refractivity contribution in [1.29, 1.82) is 0 Å². The van der Waals surface area contributed by atoms with Gasteiger partial charge in [-0.15, -0.1) is 6.42 Å². The summed E-state index contributed by atoms with van der Waals surface area (Å²) in [6, 6.07) is 7.94. The first-order valence-electron chi connectivity index (χ1n) is 21.8. The Morgan fingerprint density at radius 1 is 0.961 bits per heavy atom. The Balaban J connectivity index is 0.000000286. The van der Waals surface area contributed by atoms with Crippen molar-refractivity contribution in [3.8, 4) is 29.9 Å². The molecule has 30 heteroatoms. The number of aryl methyl sites for hydroxylation is 2. The summed E-state index contributed by atoms with van der Waals surface area (Å²) in [6.45, 7) is 4.31. The van der Waals surface area contributed by atoms with Crippen LogP contribution in [0.1, 0.15) is 67.2 Å². The number of anilines is 2. The number of benzene rings is 3. The third-order valence-electron chi connectivity index (χ3n) is 10.1. The monoisotopic (exact) mass is 1170 g/mol. The lowest BCUT2D eigenvalue weighted by Gasteiger charge is -2.19. The largest absolute Gasteiger partial charge is 0.494 e. The van der Waals surface area contributed by atoms with Gasteiger partial charge in [0.2, 0.25) is 5.95 Å². The standard InChI is InChI=1S/C18H15ClFNO3.C15H16F3N5O4S.C8H6Cl2O3.C5H12NO4P/c1-3-10(2)24-16-9-15(14(20)8-13(16)19)21-17(22)11-6-4-5-7-12(11)18(21)23;1-9-19-12(22-14(20-9)27-2)21-13(24)23-28(25,26)11-6-4-3-5-10(11)7-8-15(16,17)18;1-13-7-5(10)3-2-4(9)6(7)8(11)12;1-11(9,10)3-2-4(6)5(7)8/h1,8-10H,4-7H2,2H3;3-6H,7-8H2,1-2H3,(H2,19,20,21,22,23,24);2-3H,1H3,(H,11,12);4H,2-3,6H2,1H3,(H,7,8)(H,9,10). The molecule has 3 aromatic carbocycles. The van der Waals surface area contributed by atoms with Crippen LogP contribution in [0.4, 0.5) is 34.0 Å². The van der Waals surface area contributed by atoms with Crippen LogP contribution in [-0.2, 0) is 35.4 Å². The van der Waals surface area contributed by atoms with Crippen LogP contribution in [0.5, 0.6) is 17.5 Å². The fraction of sp³-hybridized carbons (Fsp3) is 0.348. The molecule has 6 rings (SSSR count). The van der Waals surface area contributed by atoms with E-state index in [2.05, 4.69) is 26.2 Å². The molecular formula is C46H49Cl3F4N7O14PS. The van der Waals surface area contributed by atoms with Gasteiger partial charge >= 0.3 is 30.2 Å². The first kappa shape index (κ1) is 63.7. The van der Waals surface area contributed by atoms with Crippen molar-refractivity contribution < 1.29 is 83.8 Å². The second-order valence-corrected chi connectivity index (χ2v) is 21.4. The number of ether oxygens (including phenoxy) is 3. The number of imide groups is 1. The number of carbonyl (C=O) groups is 5. The number of methoxy groups -OCH3 is 2. The van der Waals surface area contributed by atoms with Gasteiger partial charge in [-0.1, -0.05) is 58.9 Å². The lowest BCUT2D eigenvalue weighted by atomic mass is 9.93. The highest BCUT2D eigenvalue weighted by Crippen LogP contribution is 2.40. The van der Waals surface area contributed by atoms with Crippen molar-refractivity contribution in [3.05, 3.63) is 97.5 Å². The maximum atomic E-state index is 14.4. The number of carboxylic acid groups (broad SMARTS) is 2. The van der Waals surface area contributed by atoms with E-state index in [-0.39, 0.29) is 73.7 Å². The zero-order valence-electron chi connectivity index (χ0n) is 40.7. The number of sulfonamides is 1. The summed E-state index contributed by atoms with van der Waals surface area (Å²) < 4.78 is 104. The Morgan fingerprint density at radius 3 is 2.07 bits per heavy atom. The minimum atomic E-state index is -4.45. The second kappa shape index (κ2) is 28.0. The molecule has 0 spiro atoms. The maximum absolute atomic E-state index is 14.4. The van der Waals surface area contributed by atoms with Crippen LogP contribution in [0.25, 0.3) is 0 Å². The molecule has 0 saturated carbocycles. The van der Waals surface area contributed by atoms with Crippen LogP contribution >= 0.6 is 42.2 Å². The molecule has 21 nitrogen and oxygen atoms in total. The van der Waals surface area contributed by atoms with E-state index in [1.165, 1.54) is 64.2 Å². The van der Waals surface area contributed by atoms with Crippen molar-refractivity contribution in [3.63, 3.8) is 0 Å². The molecule has 2 heterocycles. The zero-order valence-corrected chi connectivity index (χ0v) is 44.7. The topological polar surface area (TPSA) is 317 Å². The lowest BCUT2D eigenvalue weighted by Crippen LogP contribution is -2.35. The van der Waals surface area contributed by atoms with Gasteiger partial charge in [0, 0.05) is 36.5 Å². The van der Waals surface area contributed by atoms with E-state index in [4.69, 9.17) is 76.3 Å². The summed E-state index contributed by atoms with van der Waals surface area (Å²) in [4.78, 5) is 78.5. The molecule has 3 atom stereocenters. The first-order chi connectivity index (χ1) is 35.3. The van der Waals surface area contributed by atoms with E-state index in [0.717, 1.165) is 29.9 Å². The van der Waals surface area contributed by atoms with Gasteiger partial charge in [0.25, 0.3) is 21.8 Å². The summed E-state index contributed by atoms with van der Waals surface area (Å²) in [6.07, 6.45) is 1.27. The van der Waals surface area contributed by atoms with E-state index >= 15 is 0 Å². The van der Waals surface area contributed by atoms with Crippen molar-refractivity contribution in [1.82, 2.24) is 19.7 Å². The van der Waals surface area contributed by atoms with Crippen molar-refractivity contribution in [2.75, 3.05) is 37.3 Å². The third kappa shape index (κ3) is 18.9. The molecule has 0 radical (unpaired) electrons. The van der Waals surface area contributed by atoms with Gasteiger partial charge in [0.15, 0.2) is 19.2 Å². The molecule has 1 aliphatic heterocycles. The molecule has 4 amide bonds. The molecule has 0 bridgehead atoms. The number of aromatic nitrogens is 3. The minimum absolute atomic E-state index is 0.0233. The second-order valence-electron chi connectivity index (χ2n) is 16.0. The summed E-state index contributed by atoms with van der Waals surface area (Å²) in [7, 11) is -4.91.